The summed E-state index contributed by atoms with van der Waals surface area (Å²) in [6, 6.07) is 2.59. The SMILES string of the molecule is CC1CCCC1NCC(C)(O)c1ccsc1. The van der Waals surface area contributed by atoms with E-state index in [4.69, 9.17) is 0 Å². The van der Waals surface area contributed by atoms with Gasteiger partial charge in [-0.25, -0.2) is 0 Å². The first-order valence-corrected chi connectivity index (χ1v) is 7.02. The number of hydrogen-bond acceptors (Lipinski definition) is 3. The van der Waals surface area contributed by atoms with Crippen molar-refractivity contribution in [1.82, 2.24) is 5.32 Å². The molecule has 1 aromatic rings. The molecule has 90 valence electrons. The van der Waals surface area contributed by atoms with Crippen LogP contribution in [-0.4, -0.2) is 17.7 Å². The molecule has 3 atom stereocenters. The highest BCUT2D eigenvalue weighted by molar-refractivity contribution is 7.08. The Kier molecular flexibility index (Phi) is 3.67. The maximum Gasteiger partial charge on any atom is 0.1000 e. The smallest absolute Gasteiger partial charge is 0.1000 e. The van der Waals surface area contributed by atoms with Crippen LogP contribution in [-0.2, 0) is 5.60 Å². The molecular weight excluding hydrogens is 218 g/mol. The zero-order valence-corrected chi connectivity index (χ0v) is 10.9. The molecule has 1 aromatic heterocycles. The zero-order chi connectivity index (χ0) is 11.6. The summed E-state index contributed by atoms with van der Waals surface area (Å²) < 4.78 is 0. The average Bonchev–Trinajstić information content (AvgIpc) is 2.85. The predicted octanol–water partition coefficient (Wildman–Crippen LogP) is 2.73. The summed E-state index contributed by atoms with van der Waals surface area (Å²) >= 11 is 1.64. The Morgan fingerprint density at radius 1 is 1.56 bits per heavy atom. The minimum atomic E-state index is -0.734. The van der Waals surface area contributed by atoms with Crippen molar-refractivity contribution in [2.75, 3.05) is 6.54 Å². The first-order valence-electron chi connectivity index (χ1n) is 6.08. The molecule has 0 saturated heterocycles. The fraction of sp³-hybridized carbons (Fsp3) is 0.692. The molecule has 0 bridgehead atoms. The second-order valence-corrected chi connectivity index (χ2v) is 5.96. The highest BCUT2D eigenvalue weighted by atomic mass is 32.1. The van der Waals surface area contributed by atoms with Crippen LogP contribution in [0.15, 0.2) is 16.8 Å². The third-order valence-electron chi connectivity index (χ3n) is 3.71. The Labute approximate surface area is 102 Å². The van der Waals surface area contributed by atoms with Gasteiger partial charge in [0.1, 0.15) is 0 Å². The lowest BCUT2D eigenvalue weighted by Gasteiger charge is -2.26. The minimum Gasteiger partial charge on any atom is -0.384 e. The van der Waals surface area contributed by atoms with Gasteiger partial charge in [-0.3, -0.25) is 0 Å². The molecule has 1 fully saturated rings. The molecule has 1 heterocycles. The van der Waals surface area contributed by atoms with Crippen molar-refractivity contribution in [1.29, 1.82) is 0 Å². The van der Waals surface area contributed by atoms with Gasteiger partial charge in [-0.1, -0.05) is 13.3 Å². The van der Waals surface area contributed by atoms with Crippen LogP contribution in [0, 0.1) is 5.92 Å². The molecule has 0 spiro atoms. The number of rotatable bonds is 4. The van der Waals surface area contributed by atoms with Gasteiger partial charge in [0.2, 0.25) is 0 Å². The van der Waals surface area contributed by atoms with E-state index in [1.165, 1.54) is 19.3 Å². The normalized spacial score (nSPS) is 29.2. The van der Waals surface area contributed by atoms with E-state index in [1.54, 1.807) is 11.3 Å². The van der Waals surface area contributed by atoms with Crippen molar-refractivity contribution in [3.05, 3.63) is 22.4 Å². The molecule has 2 nitrogen and oxygen atoms in total. The molecule has 0 aromatic carbocycles. The summed E-state index contributed by atoms with van der Waals surface area (Å²) in [6.45, 7) is 4.84. The average molecular weight is 239 g/mol. The summed E-state index contributed by atoms with van der Waals surface area (Å²) in [5.41, 5.74) is 0.290. The highest BCUT2D eigenvalue weighted by Gasteiger charge is 2.28. The van der Waals surface area contributed by atoms with Crippen molar-refractivity contribution >= 4 is 11.3 Å². The molecule has 3 heteroatoms. The van der Waals surface area contributed by atoms with Crippen LogP contribution in [0.4, 0.5) is 0 Å². The number of hydrogen-bond donors (Lipinski definition) is 2. The van der Waals surface area contributed by atoms with E-state index in [0.717, 1.165) is 11.5 Å². The van der Waals surface area contributed by atoms with E-state index in [9.17, 15) is 5.11 Å². The lowest BCUT2D eigenvalue weighted by molar-refractivity contribution is 0.0530. The maximum absolute atomic E-state index is 10.4. The Morgan fingerprint density at radius 2 is 2.38 bits per heavy atom. The fourth-order valence-electron chi connectivity index (χ4n) is 2.45. The van der Waals surface area contributed by atoms with Crippen LogP contribution in [0.5, 0.6) is 0 Å². The van der Waals surface area contributed by atoms with Gasteiger partial charge in [-0.2, -0.15) is 11.3 Å². The van der Waals surface area contributed by atoms with Crippen molar-refractivity contribution in [2.45, 2.75) is 44.8 Å². The van der Waals surface area contributed by atoms with E-state index in [2.05, 4.69) is 12.2 Å². The van der Waals surface area contributed by atoms with Gasteiger partial charge in [0.25, 0.3) is 0 Å². The summed E-state index contributed by atoms with van der Waals surface area (Å²) in [5.74, 6) is 0.748. The van der Waals surface area contributed by atoms with Crippen LogP contribution >= 0.6 is 11.3 Å². The Balaban J connectivity index is 1.89. The first kappa shape index (κ1) is 12.1. The van der Waals surface area contributed by atoms with Crippen molar-refractivity contribution in [3.63, 3.8) is 0 Å². The van der Waals surface area contributed by atoms with Gasteiger partial charge in [-0.15, -0.1) is 0 Å². The van der Waals surface area contributed by atoms with Crippen molar-refractivity contribution in [2.24, 2.45) is 5.92 Å². The van der Waals surface area contributed by atoms with Gasteiger partial charge in [0.05, 0.1) is 5.60 Å². The predicted molar refractivity (Wildman–Crippen MR) is 68.7 cm³/mol. The van der Waals surface area contributed by atoms with E-state index in [1.807, 2.05) is 23.8 Å². The molecule has 0 aliphatic heterocycles. The topological polar surface area (TPSA) is 32.3 Å². The van der Waals surface area contributed by atoms with Crippen LogP contribution in [0.2, 0.25) is 0 Å². The summed E-state index contributed by atoms with van der Waals surface area (Å²) in [5, 5.41) is 17.9. The largest absolute Gasteiger partial charge is 0.384 e. The zero-order valence-electron chi connectivity index (χ0n) is 10.1. The van der Waals surface area contributed by atoms with E-state index < -0.39 is 5.60 Å². The Morgan fingerprint density at radius 3 is 2.94 bits per heavy atom. The molecule has 0 radical (unpaired) electrons. The second kappa shape index (κ2) is 4.86. The number of nitrogens with one attached hydrogen (secondary N) is 1. The van der Waals surface area contributed by atoms with Gasteiger partial charge >= 0.3 is 0 Å². The highest BCUT2D eigenvalue weighted by Crippen LogP contribution is 2.27. The molecule has 16 heavy (non-hydrogen) atoms. The van der Waals surface area contributed by atoms with Crippen molar-refractivity contribution < 1.29 is 5.11 Å². The molecule has 1 aliphatic carbocycles. The standard InChI is InChI=1S/C13H21NOS/c1-10-4-3-5-12(10)14-9-13(2,15)11-6-7-16-8-11/h6-8,10,12,14-15H,3-5,9H2,1-2H3. The maximum atomic E-state index is 10.4. The summed E-state index contributed by atoms with van der Waals surface area (Å²) in [6.07, 6.45) is 3.89. The van der Waals surface area contributed by atoms with E-state index in [-0.39, 0.29) is 0 Å². The number of thiophene rings is 1. The quantitative estimate of drug-likeness (QED) is 0.847. The summed E-state index contributed by atoms with van der Waals surface area (Å²) in [7, 11) is 0. The third-order valence-corrected chi connectivity index (χ3v) is 4.40. The molecule has 2 N–H and O–H groups in total. The summed E-state index contributed by atoms with van der Waals surface area (Å²) in [4.78, 5) is 0. The number of aliphatic hydroxyl groups is 1. The minimum absolute atomic E-state index is 0.588. The Hall–Kier alpha value is -0.380. The van der Waals surface area contributed by atoms with E-state index in [0.29, 0.717) is 12.6 Å². The molecular formula is C13H21NOS. The van der Waals surface area contributed by atoms with Gasteiger partial charge in [0.15, 0.2) is 0 Å². The van der Waals surface area contributed by atoms with Crippen LogP contribution in [0.1, 0.15) is 38.7 Å². The molecule has 0 amide bonds. The lowest BCUT2D eigenvalue weighted by Crippen LogP contribution is -2.41. The van der Waals surface area contributed by atoms with Crippen LogP contribution in [0.3, 0.4) is 0 Å². The van der Waals surface area contributed by atoms with E-state index >= 15 is 0 Å². The molecule has 2 rings (SSSR count). The van der Waals surface area contributed by atoms with Crippen molar-refractivity contribution in [3.8, 4) is 0 Å². The lowest BCUT2D eigenvalue weighted by atomic mass is 9.98. The van der Waals surface area contributed by atoms with Gasteiger partial charge in [-0.05, 0) is 48.1 Å². The molecule has 1 aliphatic rings. The van der Waals surface area contributed by atoms with Gasteiger partial charge < -0.3 is 10.4 Å². The monoisotopic (exact) mass is 239 g/mol. The molecule has 1 saturated carbocycles. The Bertz CT molecular complexity index is 321. The van der Waals surface area contributed by atoms with Crippen LogP contribution in [0.25, 0.3) is 0 Å². The first-order chi connectivity index (χ1) is 7.59. The fourth-order valence-corrected chi connectivity index (χ4v) is 3.23. The second-order valence-electron chi connectivity index (χ2n) is 5.18. The van der Waals surface area contributed by atoms with Gasteiger partial charge in [0, 0.05) is 12.6 Å². The van der Waals surface area contributed by atoms with Crippen LogP contribution < -0.4 is 5.32 Å². The molecule has 3 unspecified atom stereocenters. The third kappa shape index (κ3) is 2.65.